The summed E-state index contributed by atoms with van der Waals surface area (Å²) in [6.45, 7) is 13.5. The number of ether oxygens (including phenoxy) is 2. The summed E-state index contributed by atoms with van der Waals surface area (Å²) < 4.78 is 11.4. The van der Waals surface area contributed by atoms with Crippen LogP contribution in [0.3, 0.4) is 0 Å². The lowest BCUT2D eigenvalue weighted by atomic mass is 10.0. The van der Waals surface area contributed by atoms with Crippen LogP contribution in [0, 0.1) is 6.92 Å². The molecule has 5 nitrogen and oxygen atoms in total. The number of nitrogens with one attached hydrogen (secondary N) is 1. The summed E-state index contributed by atoms with van der Waals surface area (Å²) in [7, 11) is 0. The normalized spacial score (nSPS) is 16.3. The summed E-state index contributed by atoms with van der Waals surface area (Å²) in [6.07, 6.45) is -0.568. The summed E-state index contributed by atoms with van der Waals surface area (Å²) in [5.74, 6) is 1.07. The largest absolute Gasteiger partial charge is 0.481 e. The third-order valence-electron chi connectivity index (χ3n) is 5.68. The van der Waals surface area contributed by atoms with Crippen LogP contribution in [0.1, 0.15) is 56.3 Å². The van der Waals surface area contributed by atoms with Gasteiger partial charge >= 0.3 is 0 Å². The molecule has 0 bridgehead atoms. The van der Waals surface area contributed by atoms with Gasteiger partial charge in [-0.3, -0.25) is 4.79 Å². The smallest absolute Gasteiger partial charge is 0.261 e. The lowest BCUT2D eigenvalue weighted by Crippen LogP contribution is -2.38. The number of rotatable bonds is 7. The molecule has 1 N–H and O–H groups in total. The molecule has 1 fully saturated rings. The van der Waals surface area contributed by atoms with Crippen molar-refractivity contribution in [2.45, 2.75) is 52.7 Å². The molecule has 1 saturated heterocycles. The summed E-state index contributed by atoms with van der Waals surface area (Å²) >= 11 is 0. The molecule has 0 spiro atoms. The predicted octanol–water partition coefficient (Wildman–Crippen LogP) is 4.60. The number of morpholine rings is 1. The van der Waals surface area contributed by atoms with E-state index in [-0.39, 0.29) is 11.9 Å². The maximum atomic E-state index is 12.7. The molecule has 2 unspecified atom stereocenters. The Labute approximate surface area is 180 Å². The Balaban J connectivity index is 1.59. The van der Waals surface area contributed by atoms with E-state index in [0.29, 0.717) is 5.92 Å². The highest BCUT2D eigenvalue weighted by Gasteiger charge is 2.19. The zero-order valence-electron chi connectivity index (χ0n) is 18.8. The highest BCUT2D eigenvalue weighted by atomic mass is 16.5. The number of carbonyl (C=O) groups is 1. The second-order valence-corrected chi connectivity index (χ2v) is 8.36. The Morgan fingerprint density at radius 1 is 1.00 bits per heavy atom. The molecule has 2 aromatic carbocycles. The average molecular weight is 411 g/mol. The van der Waals surface area contributed by atoms with Crippen molar-refractivity contribution in [3.63, 3.8) is 0 Å². The molecule has 162 valence electrons. The maximum absolute atomic E-state index is 12.7. The van der Waals surface area contributed by atoms with E-state index in [0.717, 1.165) is 43.2 Å². The molecule has 0 radical (unpaired) electrons. The first kappa shape index (κ1) is 22.2. The van der Waals surface area contributed by atoms with Crippen molar-refractivity contribution in [1.82, 2.24) is 5.32 Å². The van der Waals surface area contributed by atoms with Gasteiger partial charge in [0.15, 0.2) is 6.10 Å². The lowest BCUT2D eigenvalue weighted by molar-refractivity contribution is -0.127. The van der Waals surface area contributed by atoms with Gasteiger partial charge in [0.1, 0.15) is 5.75 Å². The standard InChI is InChI=1S/C25H34N2O3/c1-17(2)22-7-6-18(3)24(16-22)30-20(5)25(28)26-19(4)21-8-10-23(11-9-21)27-12-14-29-15-13-27/h6-11,16-17,19-20H,12-15H2,1-5H3,(H,26,28). The van der Waals surface area contributed by atoms with E-state index < -0.39 is 6.10 Å². The van der Waals surface area contributed by atoms with Gasteiger partial charge < -0.3 is 19.7 Å². The first-order chi connectivity index (χ1) is 14.3. The van der Waals surface area contributed by atoms with Crippen LogP contribution in [0.25, 0.3) is 0 Å². The number of hydrogen-bond acceptors (Lipinski definition) is 4. The van der Waals surface area contributed by atoms with E-state index in [1.807, 2.05) is 26.0 Å². The van der Waals surface area contributed by atoms with Crippen LogP contribution in [-0.4, -0.2) is 38.3 Å². The van der Waals surface area contributed by atoms with Gasteiger partial charge in [0, 0.05) is 18.8 Å². The third kappa shape index (κ3) is 5.54. The molecule has 0 saturated carbocycles. The Kier molecular flexibility index (Phi) is 7.38. The van der Waals surface area contributed by atoms with Crippen LogP contribution in [0.15, 0.2) is 42.5 Å². The summed E-state index contributed by atoms with van der Waals surface area (Å²) in [5.41, 5.74) is 4.51. The molecule has 2 atom stereocenters. The van der Waals surface area contributed by atoms with Gasteiger partial charge in [-0.2, -0.15) is 0 Å². The Hall–Kier alpha value is -2.53. The Bertz CT molecular complexity index is 842. The number of aryl methyl sites for hydroxylation is 1. The molecule has 30 heavy (non-hydrogen) atoms. The van der Waals surface area contributed by atoms with Crippen molar-refractivity contribution in [3.8, 4) is 5.75 Å². The molecule has 1 aliphatic heterocycles. The topological polar surface area (TPSA) is 50.8 Å². The van der Waals surface area contributed by atoms with Crippen molar-refractivity contribution in [1.29, 1.82) is 0 Å². The van der Waals surface area contributed by atoms with Crippen LogP contribution < -0.4 is 15.0 Å². The minimum Gasteiger partial charge on any atom is -0.481 e. The van der Waals surface area contributed by atoms with Gasteiger partial charge in [-0.15, -0.1) is 0 Å². The van der Waals surface area contributed by atoms with E-state index in [4.69, 9.17) is 9.47 Å². The van der Waals surface area contributed by atoms with Crippen LogP contribution in [0.4, 0.5) is 5.69 Å². The average Bonchev–Trinajstić information content (AvgIpc) is 2.75. The monoisotopic (exact) mass is 410 g/mol. The maximum Gasteiger partial charge on any atom is 0.261 e. The quantitative estimate of drug-likeness (QED) is 0.725. The Morgan fingerprint density at radius 2 is 1.63 bits per heavy atom. The second kappa shape index (κ2) is 9.98. The van der Waals surface area contributed by atoms with E-state index in [9.17, 15) is 4.79 Å². The van der Waals surface area contributed by atoms with Gasteiger partial charge in [0.2, 0.25) is 0 Å². The molecule has 2 aromatic rings. The number of nitrogens with zero attached hydrogens (tertiary/aromatic N) is 1. The van der Waals surface area contributed by atoms with Crippen molar-refractivity contribution >= 4 is 11.6 Å². The first-order valence-electron chi connectivity index (χ1n) is 10.9. The predicted molar refractivity (Wildman–Crippen MR) is 121 cm³/mol. The number of carbonyl (C=O) groups excluding carboxylic acids is 1. The molecular formula is C25H34N2O3. The summed E-state index contributed by atoms with van der Waals surface area (Å²) in [6, 6.07) is 14.5. The number of amides is 1. The third-order valence-corrected chi connectivity index (χ3v) is 5.68. The highest BCUT2D eigenvalue weighted by molar-refractivity contribution is 5.81. The zero-order valence-corrected chi connectivity index (χ0v) is 18.8. The summed E-state index contributed by atoms with van der Waals surface area (Å²) in [4.78, 5) is 15.0. The number of benzene rings is 2. The summed E-state index contributed by atoms with van der Waals surface area (Å²) in [5, 5.41) is 3.07. The fourth-order valence-corrected chi connectivity index (χ4v) is 3.56. The fourth-order valence-electron chi connectivity index (χ4n) is 3.56. The molecule has 0 aromatic heterocycles. The van der Waals surface area contributed by atoms with Crippen molar-refractivity contribution in [2.24, 2.45) is 0 Å². The molecule has 3 rings (SSSR count). The first-order valence-corrected chi connectivity index (χ1v) is 10.9. The molecule has 1 heterocycles. The van der Waals surface area contributed by atoms with Gasteiger partial charge in [-0.1, -0.05) is 38.1 Å². The van der Waals surface area contributed by atoms with Crippen LogP contribution in [0.5, 0.6) is 5.75 Å². The minimum absolute atomic E-state index is 0.0922. The Morgan fingerprint density at radius 3 is 2.27 bits per heavy atom. The number of hydrogen-bond donors (Lipinski definition) is 1. The van der Waals surface area contributed by atoms with Crippen molar-refractivity contribution in [3.05, 3.63) is 59.2 Å². The SMILES string of the molecule is Cc1ccc(C(C)C)cc1OC(C)C(=O)NC(C)c1ccc(N2CCOCC2)cc1. The molecule has 0 aliphatic carbocycles. The van der Waals surface area contributed by atoms with E-state index in [1.54, 1.807) is 6.92 Å². The highest BCUT2D eigenvalue weighted by Crippen LogP contribution is 2.25. The molecule has 1 aliphatic rings. The van der Waals surface area contributed by atoms with Gasteiger partial charge in [-0.25, -0.2) is 0 Å². The fraction of sp³-hybridized carbons (Fsp3) is 0.480. The van der Waals surface area contributed by atoms with E-state index >= 15 is 0 Å². The lowest BCUT2D eigenvalue weighted by Gasteiger charge is -2.29. The molecule has 1 amide bonds. The van der Waals surface area contributed by atoms with Gasteiger partial charge in [0.05, 0.1) is 19.3 Å². The second-order valence-electron chi connectivity index (χ2n) is 8.36. The molecule has 5 heteroatoms. The van der Waals surface area contributed by atoms with Crippen molar-refractivity contribution in [2.75, 3.05) is 31.2 Å². The van der Waals surface area contributed by atoms with Crippen LogP contribution in [-0.2, 0) is 9.53 Å². The van der Waals surface area contributed by atoms with Crippen LogP contribution >= 0.6 is 0 Å². The van der Waals surface area contributed by atoms with Gasteiger partial charge in [0.25, 0.3) is 5.91 Å². The van der Waals surface area contributed by atoms with Crippen molar-refractivity contribution < 1.29 is 14.3 Å². The van der Waals surface area contributed by atoms with Crippen LogP contribution in [0.2, 0.25) is 0 Å². The van der Waals surface area contributed by atoms with E-state index in [1.165, 1.54) is 11.3 Å². The zero-order chi connectivity index (χ0) is 21.7. The molecular weight excluding hydrogens is 376 g/mol. The van der Waals surface area contributed by atoms with E-state index in [2.05, 4.69) is 54.4 Å². The van der Waals surface area contributed by atoms with Gasteiger partial charge in [-0.05, 0) is 61.6 Å². The minimum atomic E-state index is -0.568. The number of anilines is 1.